The minimum atomic E-state index is -3.55. The van der Waals surface area contributed by atoms with E-state index in [0.29, 0.717) is 5.16 Å². The molecule has 0 fully saturated rings. The maximum atomic E-state index is 11.8. The second-order valence-electron chi connectivity index (χ2n) is 2.94. The minimum absolute atomic E-state index is 0.134. The van der Waals surface area contributed by atoms with Crippen molar-refractivity contribution in [2.45, 2.75) is 16.3 Å². The van der Waals surface area contributed by atoms with E-state index in [1.807, 2.05) is 6.92 Å². The fourth-order valence-corrected chi connectivity index (χ4v) is 3.55. The summed E-state index contributed by atoms with van der Waals surface area (Å²) in [5.74, 6) is 0.962. The summed E-state index contributed by atoms with van der Waals surface area (Å²) in [6, 6.07) is 3.21. The quantitative estimate of drug-likeness (QED) is 0.820. The summed E-state index contributed by atoms with van der Waals surface area (Å²) < 4.78 is 26.3. The summed E-state index contributed by atoms with van der Waals surface area (Å²) in [6.07, 6.45) is 0. The van der Waals surface area contributed by atoms with Crippen LogP contribution in [0, 0.1) is 0 Å². The molecule has 0 aliphatic carbocycles. The maximum Gasteiger partial charge on any atom is 0.273 e. The van der Waals surface area contributed by atoms with E-state index >= 15 is 0 Å². The first-order chi connectivity index (χ1) is 8.12. The third-order valence-corrected chi connectivity index (χ3v) is 5.20. The highest BCUT2D eigenvalue weighted by atomic mass is 32.2. The van der Waals surface area contributed by atoms with Crippen LogP contribution >= 0.6 is 23.1 Å². The number of nitrogens with one attached hydrogen (secondary N) is 2. The molecule has 0 saturated heterocycles. The molecule has 2 heterocycles. The molecule has 0 amide bonds. The highest BCUT2D eigenvalue weighted by molar-refractivity contribution is 7.99. The number of aromatic nitrogens is 3. The lowest BCUT2D eigenvalue weighted by Gasteiger charge is -2.00. The Bertz CT molecular complexity index is 576. The van der Waals surface area contributed by atoms with Gasteiger partial charge in [0.2, 0.25) is 11.1 Å². The number of hydrogen-bond donors (Lipinski definition) is 2. The standard InChI is InChI=1S/C8H10N4O2S3/c1-2-15-8-9-7(10-11-8)12-17(13,14)6-4-3-5-16-6/h3-5H,2H2,1H3,(H2,9,10,11,12). The van der Waals surface area contributed by atoms with Gasteiger partial charge in [-0.15, -0.1) is 16.4 Å². The number of thioether (sulfide) groups is 1. The lowest BCUT2D eigenvalue weighted by Crippen LogP contribution is -2.12. The fraction of sp³-hybridized carbons (Fsp3) is 0.250. The molecule has 0 spiro atoms. The van der Waals surface area contributed by atoms with Gasteiger partial charge in [0.25, 0.3) is 10.0 Å². The fourth-order valence-electron chi connectivity index (χ4n) is 1.08. The largest absolute Gasteiger partial charge is 0.273 e. The Hall–Kier alpha value is -1.06. The third-order valence-electron chi connectivity index (χ3n) is 1.73. The van der Waals surface area contributed by atoms with Gasteiger partial charge in [0, 0.05) is 0 Å². The number of thiophene rings is 1. The molecular formula is C8H10N4O2S3. The van der Waals surface area contributed by atoms with Crippen molar-refractivity contribution < 1.29 is 8.42 Å². The van der Waals surface area contributed by atoms with Crippen molar-refractivity contribution in [3.05, 3.63) is 17.5 Å². The lowest BCUT2D eigenvalue weighted by atomic mass is 10.7. The topological polar surface area (TPSA) is 87.7 Å². The van der Waals surface area contributed by atoms with Gasteiger partial charge >= 0.3 is 0 Å². The van der Waals surface area contributed by atoms with Crippen LogP contribution in [0.1, 0.15) is 6.92 Å². The highest BCUT2D eigenvalue weighted by Crippen LogP contribution is 2.19. The van der Waals surface area contributed by atoms with Crippen molar-refractivity contribution in [3.8, 4) is 0 Å². The van der Waals surface area contributed by atoms with Crippen LogP contribution in [0.5, 0.6) is 0 Å². The van der Waals surface area contributed by atoms with E-state index in [4.69, 9.17) is 0 Å². The summed E-state index contributed by atoms with van der Waals surface area (Å²) in [7, 11) is -3.55. The highest BCUT2D eigenvalue weighted by Gasteiger charge is 2.17. The first kappa shape index (κ1) is 12.4. The molecule has 92 valence electrons. The summed E-state index contributed by atoms with van der Waals surface area (Å²) >= 11 is 2.58. The zero-order valence-electron chi connectivity index (χ0n) is 8.87. The Morgan fingerprint density at radius 2 is 2.41 bits per heavy atom. The lowest BCUT2D eigenvalue weighted by molar-refractivity contribution is 0.602. The Balaban J connectivity index is 2.15. The van der Waals surface area contributed by atoms with Crippen LogP contribution in [0.15, 0.2) is 26.9 Å². The van der Waals surface area contributed by atoms with Crippen LogP contribution in [-0.2, 0) is 10.0 Å². The van der Waals surface area contributed by atoms with E-state index in [-0.39, 0.29) is 10.2 Å². The van der Waals surface area contributed by atoms with Gasteiger partial charge in [-0.3, -0.25) is 0 Å². The van der Waals surface area contributed by atoms with E-state index in [1.54, 1.807) is 11.4 Å². The molecule has 6 nitrogen and oxygen atoms in total. The molecule has 9 heteroatoms. The van der Waals surface area contributed by atoms with Crippen molar-refractivity contribution >= 4 is 39.1 Å². The molecule has 0 saturated carbocycles. The maximum absolute atomic E-state index is 11.8. The third kappa shape index (κ3) is 2.99. The monoisotopic (exact) mass is 290 g/mol. The van der Waals surface area contributed by atoms with E-state index in [1.165, 1.54) is 17.8 Å². The van der Waals surface area contributed by atoms with Crippen molar-refractivity contribution in [1.82, 2.24) is 15.2 Å². The van der Waals surface area contributed by atoms with Crippen molar-refractivity contribution in [3.63, 3.8) is 0 Å². The van der Waals surface area contributed by atoms with Crippen LogP contribution in [-0.4, -0.2) is 29.4 Å². The van der Waals surface area contributed by atoms with Crippen LogP contribution in [0.2, 0.25) is 0 Å². The van der Waals surface area contributed by atoms with Gasteiger partial charge < -0.3 is 0 Å². The van der Waals surface area contributed by atoms with E-state index in [2.05, 4.69) is 19.9 Å². The average molecular weight is 290 g/mol. The number of rotatable bonds is 5. The number of sulfonamides is 1. The molecule has 0 bridgehead atoms. The zero-order valence-corrected chi connectivity index (χ0v) is 11.3. The normalized spacial score (nSPS) is 11.6. The van der Waals surface area contributed by atoms with E-state index < -0.39 is 10.0 Å². The summed E-state index contributed by atoms with van der Waals surface area (Å²) in [5, 5.41) is 8.64. The SMILES string of the molecule is CCSc1n[nH]c(NS(=O)(=O)c2cccs2)n1. The number of H-pyrrole nitrogens is 1. The van der Waals surface area contributed by atoms with Crippen LogP contribution in [0.3, 0.4) is 0 Å². The van der Waals surface area contributed by atoms with Gasteiger partial charge in [0.05, 0.1) is 0 Å². The zero-order chi connectivity index (χ0) is 12.3. The second-order valence-corrected chi connectivity index (χ2v) is 7.03. The molecule has 2 aromatic rings. The molecule has 0 radical (unpaired) electrons. The van der Waals surface area contributed by atoms with Gasteiger partial charge in [-0.1, -0.05) is 24.8 Å². The van der Waals surface area contributed by atoms with Crippen molar-refractivity contribution in [2.24, 2.45) is 0 Å². The molecule has 0 aromatic carbocycles. The average Bonchev–Trinajstić information content (AvgIpc) is 2.88. The Labute approximate surface area is 107 Å². The first-order valence-corrected chi connectivity index (χ1v) is 8.08. The summed E-state index contributed by atoms with van der Waals surface area (Å²) in [5.41, 5.74) is 0. The van der Waals surface area contributed by atoms with Gasteiger partial charge in [-0.25, -0.2) is 18.2 Å². The Morgan fingerprint density at radius 3 is 3.06 bits per heavy atom. The van der Waals surface area contributed by atoms with Crippen LogP contribution < -0.4 is 4.72 Å². The Morgan fingerprint density at radius 1 is 1.59 bits per heavy atom. The molecule has 0 aliphatic rings. The number of nitrogens with zero attached hydrogens (tertiary/aromatic N) is 2. The predicted octanol–water partition coefficient (Wildman–Crippen LogP) is 1.78. The molecule has 0 aliphatic heterocycles. The van der Waals surface area contributed by atoms with Gasteiger partial charge in [-0.2, -0.15) is 4.98 Å². The number of aromatic amines is 1. The van der Waals surface area contributed by atoms with Crippen molar-refractivity contribution in [1.29, 1.82) is 0 Å². The van der Waals surface area contributed by atoms with E-state index in [0.717, 1.165) is 17.1 Å². The van der Waals surface area contributed by atoms with Gasteiger partial charge in [0.15, 0.2) is 0 Å². The molecular weight excluding hydrogens is 280 g/mol. The Kier molecular flexibility index (Phi) is 3.69. The number of hydrogen-bond acceptors (Lipinski definition) is 6. The minimum Gasteiger partial charge on any atom is -0.247 e. The van der Waals surface area contributed by atoms with E-state index in [9.17, 15) is 8.42 Å². The van der Waals surface area contributed by atoms with Gasteiger partial charge in [-0.05, 0) is 17.2 Å². The molecule has 0 atom stereocenters. The smallest absolute Gasteiger partial charge is 0.247 e. The van der Waals surface area contributed by atoms with Crippen molar-refractivity contribution in [2.75, 3.05) is 10.5 Å². The summed E-state index contributed by atoms with van der Waals surface area (Å²) in [4.78, 5) is 4.01. The first-order valence-electron chi connectivity index (χ1n) is 4.73. The molecule has 2 N–H and O–H groups in total. The summed E-state index contributed by atoms with van der Waals surface area (Å²) in [6.45, 7) is 1.97. The van der Waals surface area contributed by atoms with Crippen LogP contribution in [0.4, 0.5) is 5.95 Å². The number of anilines is 1. The molecule has 2 aromatic heterocycles. The molecule has 2 rings (SSSR count). The van der Waals surface area contributed by atoms with Crippen LogP contribution in [0.25, 0.3) is 0 Å². The molecule has 0 unspecified atom stereocenters. The molecule has 17 heavy (non-hydrogen) atoms. The van der Waals surface area contributed by atoms with Gasteiger partial charge in [0.1, 0.15) is 4.21 Å². The second kappa shape index (κ2) is 5.07. The predicted molar refractivity (Wildman–Crippen MR) is 67.9 cm³/mol.